The van der Waals surface area contributed by atoms with Crippen molar-refractivity contribution >= 4 is 44.2 Å². The number of ether oxygens (including phenoxy) is 3. The number of amides is 1. The molecule has 0 aliphatic carbocycles. The number of imidazole rings is 1. The molecule has 0 aliphatic heterocycles. The fourth-order valence-corrected chi connectivity index (χ4v) is 4.82. The Kier molecular flexibility index (Phi) is 7.00. The largest absolute Gasteiger partial charge is 0.494 e. The van der Waals surface area contributed by atoms with E-state index in [2.05, 4.69) is 4.98 Å². The number of hydrogen-bond acceptors (Lipinski definition) is 7. The molecule has 0 saturated carbocycles. The van der Waals surface area contributed by atoms with E-state index in [1.165, 1.54) is 25.6 Å². The molecule has 2 aromatic carbocycles. The number of aromatic nitrogens is 3. The number of rotatable bonds is 9. The highest BCUT2D eigenvalue weighted by Crippen LogP contribution is 2.40. The second kappa shape index (κ2) is 10.1. The maximum absolute atomic E-state index is 13.8. The summed E-state index contributed by atoms with van der Waals surface area (Å²) in [5.41, 5.74) is 1.01. The van der Waals surface area contributed by atoms with Crippen LogP contribution in [0, 0.1) is 0 Å². The van der Waals surface area contributed by atoms with Crippen molar-refractivity contribution in [1.29, 1.82) is 0 Å². The van der Waals surface area contributed by atoms with Crippen molar-refractivity contribution in [2.24, 2.45) is 0 Å². The zero-order valence-corrected chi connectivity index (χ0v) is 20.0. The number of fused-ring (bicyclic) bond motifs is 1. The smallest absolute Gasteiger partial charge is 0.263 e. The van der Waals surface area contributed by atoms with E-state index in [9.17, 15) is 4.79 Å². The zero-order chi connectivity index (χ0) is 23.4. The Bertz CT molecular complexity index is 1260. The average molecular weight is 487 g/mol. The number of hydrogen-bond donors (Lipinski definition) is 0. The van der Waals surface area contributed by atoms with Gasteiger partial charge >= 0.3 is 0 Å². The summed E-state index contributed by atoms with van der Waals surface area (Å²) >= 11 is 7.77. The number of carbonyl (C=O) groups excluding carboxylic acids is 1. The van der Waals surface area contributed by atoms with E-state index in [1.54, 1.807) is 54.9 Å². The Labute approximate surface area is 200 Å². The molecule has 33 heavy (non-hydrogen) atoms. The summed E-state index contributed by atoms with van der Waals surface area (Å²) in [5.74, 6) is 1.21. The number of thiazole rings is 1. The van der Waals surface area contributed by atoms with Gasteiger partial charge in [-0.1, -0.05) is 29.0 Å². The van der Waals surface area contributed by atoms with Crippen LogP contribution in [-0.4, -0.2) is 48.3 Å². The first-order valence-electron chi connectivity index (χ1n) is 10.2. The highest BCUT2D eigenvalue weighted by Gasteiger charge is 2.26. The van der Waals surface area contributed by atoms with Gasteiger partial charge in [-0.3, -0.25) is 9.69 Å². The van der Waals surface area contributed by atoms with Gasteiger partial charge in [-0.15, -0.1) is 0 Å². The Morgan fingerprint density at radius 2 is 1.94 bits per heavy atom. The van der Waals surface area contributed by atoms with Gasteiger partial charge in [0.2, 0.25) is 0 Å². The van der Waals surface area contributed by atoms with Crippen LogP contribution in [0.25, 0.3) is 10.2 Å². The highest BCUT2D eigenvalue weighted by atomic mass is 35.5. The van der Waals surface area contributed by atoms with Gasteiger partial charge in [-0.25, -0.2) is 9.97 Å². The van der Waals surface area contributed by atoms with Gasteiger partial charge in [-0.2, -0.15) is 0 Å². The quantitative estimate of drug-likeness (QED) is 0.334. The van der Waals surface area contributed by atoms with E-state index >= 15 is 0 Å². The molecule has 4 rings (SSSR count). The third-order valence-electron chi connectivity index (χ3n) is 5.13. The Balaban J connectivity index is 1.75. The first kappa shape index (κ1) is 22.9. The van der Waals surface area contributed by atoms with Gasteiger partial charge in [0.1, 0.15) is 11.3 Å². The predicted molar refractivity (Wildman–Crippen MR) is 129 cm³/mol. The van der Waals surface area contributed by atoms with E-state index in [0.29, 0.717) is 58.0 Å². The number of methoxy groups -OCH3 is 3. The van der Waals surface area contributed by atoms with Gasteiger partial charge in [-0.05, 0) is 30.7 Å². The molecule has 0 fully saturated rings. The molecular weight excluding hydrogens is 464 g/mol. The SMILES string of the molecule is COc1cccc(C(=O)N(CCCn2ccnc2)c2nc3c(OC)ccc(Cl)c3s2)c1OC. The number of nitrogens with zero attached hydrogens (tertiary/aromatic N) is 4. The Hall–Kier alpha value is -3.30. The number of anilines is 1. The zero-order valence-electron chi connectivity index (χ0n) is 18.4. The molecule has 0 spiro atoms. The van der Waals surface area contributed by atoms with Crippen molar-refractivity contribution < 1.29 is 19.0 Å². The summed E-state index contributed by atoms with van der Waals surface area (Å²) in [6, 6.07) is 8.76. The monoisotopic (exact) mass is 486 g/mol. The molecule has 2 heterocycles. The van der Waals surface area contributed by atoms with Crippen molar-refractivity contribution in [1.82, 2.24) is 14.5 Å². The Morgan fingerprint density at radius 1 is 1.12 bits per heavy atom. The minimum absolute atomic E-state index is 0.245. The predicted octanol–water partition coefficient (Wildman–Crippen LogP) is 4.91. The Morgan fingerprint density at radius 3 is 2.64 bits per heavy atom. The highest BCUT2D eigenvalue weighted by molar-refractivity contribution is 7.23. The van der Waals surface area contributed by atoms with E-state index < -0.39 is 0 Å². The summed E-state index contributed by atoms with van der Waals surface area (Å²) in [7, 11) is 4.63. The average Bonchev–Trinajstić information content (AvgIpc) is 3.52. The maximum atomic E-state index is 13.8. The standard InChI is InChI=1S/C23H23ClN4O4S/c1-30-17-9-8-16(24)21-19(17)26-23(33-21)28(12-5-11-27-13-10-25-14-27)22(29)15-6-4-7-18(31-2)20(15)32-3/h4,6-10,13-14H,5,11-12H2,1-3H3. The van der Waals surface area contributed by atoms with Crippen LogP contribution >= 0.6 is 22.9 Å². The molecule has 4 aromatic rings. The van der Waals surface area contributed by atoms with Crippen LogP contribution in [0.3, 0.4) is 0 Å². The first-order chi connectivity index (χ1) is 16.1. The normalized spacial score (nSPS) is 10.9. The molecule has 10 heteroatoms. The van der Waals surface area contributed by atoms with Gasteiger partial charge in [0.05, 0.1) is 42.9 Å². The van der Waals surface area contributed by atoms with Gasteiger partial charge in [0.25, 0.3) is 5.91 Å². The summed E-state index contributed by atoms with van der Waals surface area (Å²) in [4.78, 5) is 24.2. The second-order valence-electron chi connectivity index (χ2n) is 7.08. The molecule has 0 radical (unpaired) electrons. The lowest BCUT2D eigenvalue weighted by Gasteiger charge is -2.22. The van der Waals surface area contributed by atoms with Gasteiger partial charge in [0, 0.05) is 25.5 Å². The molecule has 0 bridgehead atoms. The van der Waals surface area contributed by atoms with E-state index in [0.717, 1.165) is 4.70 Å². The first-order valence-corrected chi connectivity index (χ1v) is 11.4. The summed E-state index contributed by atoms with van der Waals surface area (Å²) < 4.78 is 19.1. The van der Waals surface area contributed by atoms with Crippen LogP contribution in [0.1, 0.15) is 16.8 Å². The van der Waals surface area contributed by atoms with Gasteiger partial charge in [0.15, 0.2) is 16.6 Å². The molecule has 1 amide bonds. The molecule has 0 N–H and O–H groups in total. The summed E-state index contributed by atoms with van der Waals surface area (Å²) in [6.07, 6.45) is 6.06. The fourth-order valence-electron chi connectivity index (χ4n) is 3.54. The van der Waals surface area contributed by atoms with E-state index in [4.69, 9.17) is 30.8 Å². The third kappa shape index (κ3) is 4.60. The summed E-state index contributed by atoms with van der Waals surface area (Å²) in [5, 5.41) is 1.08. The molecule has 8 nitrogen and oxygen atoms in total. The maximum Gasteiger partial charge on any atom is 0.263 e. The van der Waals surface area contributed by atoms with Crippen molar-refractivity contribution in [2.75, 3.05) is 32.8 Å². The van der Waals surface area contributed by atoms with Crippen molar-refractivity contribution in [3.8, 4) is 17.2 Å². The lowest BCUT2D eigenvalue weighted by Crippen LogP contribution is -2.32. The number of carbonyl (C=O) groups is 1. The van der Waals surface area contributed by atoms with Crippen LogP contribution in [0.5, 0.6) is 17.2 Å². The van der Waals surface area contributed by atoms with Crippen molar-refractivity contribution in [3.05, 3.63) is 59.6 Å². The number of halogens is 1. The molecule has 0 aliphatic rings. The molecule has 2 aromatic heterocycles. The third-order valence-corrected chi connectivity index (χ3v) is 6.67. The van der Waals surface area contributed by atoms with Crippen LogP contribution in [-0.2, 0) is 6.54 Å². The summed E-state index contributed by atoms with van der Waals surface area (Å²) in [6.45, 7) is 1.13. The fraction of sp³-hybridized carbons (Fsp3) is 0.261. The topological polar surface area (TPSA) is 78.7 Å². The minimum Gasteiger partial charge on any atom is -0.494 e. The van der Waals surface area contributed by atoms with E-state index in [-0.39, 0.29) is 5.91 Å². The molecular formula is C23H23ClN4O4S. The molecule has 172 valence electrons. The number of aryl methyl sites for hydroxylation is 1. The van der Waals surface area contributed by atoms with Crippen LogP contribution in [0.2, 0.25) is 5.02 Å². The molecule has 0 atom stereocenters. The van der Waals surface area contributed by atoms with Gasteiger partial charge < -0.3 is 18.8 Å². The minimum atomic E-state index is -0.245. The van der Waals surface area contributed by atoms with Crippen LogP contribution in [0.15, 0.2) is 49.1 Å². The lowest BCUT2D eigenvalue weighted by atomic mass is 10.1. The van der Waals surface area contributed by atoms with Crippen molar-refractivity contribution in [3.63, 3.8) is 0 Å². The van der Waals surface area contributed by atoms with E-state index in [1.807, 2.05) is 10.8 Å². The molecule has 0 saturated heterocycles. The lowest BCUT2D eigenvalue weighted by molar-refractivity contribution is 0.0982. The number of para-hydroxylation sites is 1. The van der Waals surface area contributed by atoms with Crippen molar-refractivity contribution in [2.45, 2.75) is 13.0 Å². The van der Waals surface area contributed by atoms with Crippen LogP contribution < -0.4 is 19.1 Å². The second-order valence-corrected chi connectivity index (χ2v) is 8.46. The molecule has 0 unspecified atom stereocenters. The van der Waals surface area contributed by atoms with Crippen LogP contribution in [0.4, 0.5) is 5.13 Å². The number of benzene rings is 2.